The summed E-state index contributed by atoms with van der Waals surface area (Å²) in [5, 5.41) is 11.4. The highest BCUT2D eigenvalue weighted by Gasteiger charge is 2.23. The zero-order valence-corrected chi connectivity index (χ0v) is 17.5. The maximum absolute atomic E-state index is 12.8. The Morgan fingerprint density at radius 2 is 1.80 bits per heavy atom. The van der Waals surface area contributed by atoms with Crippen molar-refractivity contribution in [3.8, 4) is 0 Å². The molecule has 0 fully saturated rings. The number of hydrogen-bond donors (Lipinski definition) is 0. The van der Waals surface area contributed by atoms with Crippen LogP contribution in [-0.4, -0.2) is 49.3 Å². The van der Waals surface area contributed by atoms with Crippen molar-refractivity contribution >= 4 is 21.5 Å². The summed E-state index contributed by atoms with van der Waals surface area (Å²) in [4.78, 5) is 17.0. The molecule has 0 saturated carbocycles. The summed E-state index contributed by atoms with van der Waals surface area (Å²) < 4.78 is 31.7. The molecule has 0 radical (unpaired) electrons. The first-order chi connectivity index (χ1) is 14.4. The molecule has 30 heavy (non-hydrogen) atoms. The highest BCUT2D eigenvalue weighted by Crippen LogP contribution is 2.20. The standard InChI is InChI=1S/C20H20N4O5S/c1-14-8-10-16(11-9-14)30(26,27)18-13-24(23-21-18)12-15-6-4-5-7-17(15)19(22-29-3)20(25)28-2/h4-11,13H,12H2,1-3H3/b22-19+. The zero-order valence-electron chi connectivity index (χ0n) is 16.6. The number of hydrogen-bond acceptors (Lipinski definition) is 8. The Hall–Kier alpha value is -3.53. The first kappa shape index (κ1) is 21.2. The zero-order chi connectivity index (χ0) is 21.7. The van der Waals surface area contributed by atoms with Gasteiger partial charge in [0.25, 0.3) is 0 Å². The third-order valence-electron chi connectivity index (χ3n) is 4.29. The molecule has 0 spiro atoms. The summed E-state index contributed by atoms with van der Waals surface area (Å²) in [6, 6.07) is 13.5. The van der Waals surface area contributed by atoms with E-state index in [0.717, 1.165) is 5.56 Å². The minimum absolute atomic E-state index is 0.0109. The molecular weight excluding hydrogens is 408 g/mol. The average Bonchev–Trinajstić information content (AvgIpc) is 3.22. The first-order valence-corrected chi connectivity index (χ1v) is 10.3. The SMILES string of the molecule is CO/N=C(/C(=O)OC)c1ccccc1Cn1cc(S(=O)(=O)c2ccc(C)cc2)nn1. The topological polar surface area (TPSA) is 113 Å². The largest absolute Gasteiger partial charge is 0.464 e. The van der Waals surface area contributed by atoms with Crippen LogP contribution in [0.5, 0.6) is 0 Å². The quantitative estimate of drug-likeness (QED) is 0.321. The third kappa shape index (κ3) is 4.38. The van der Waals surface area contributed by atoms with E-state index in [1.54, 1.807) is 36.4 Å². The van der Waals surface area contributed by atoms with Crippen molar-refractivity contribution in [3.05, 3.63) is 71.4 Å². The Bertz CT molecular complexity index is 1180. The molecule has 0 saturated heterocycles. The number of oxime groups is 1. The van der Waals surface area contributed by atoms with E-state index in [1.807, 2.05) is 6.92 Å². The van der Waals surface area contributed by atoms with Gasteiger partial charge < -0.3 is 9.57 Å². The summed E-state index contributed by atoms with van der Waals surface area (Å²) >= 11 is 0. The monoisotopic (exact) mass is 428 g/mol. The second-order valence-corrected chi connectivity index (χ2v) is 8.24. The predicted octanol–water partition coefficient (Wildman–Crippen LogP) is 1.99. The number of methoxy groups -OCH3 is 1. The van der Waals surface area contributed by atoms with Crippen molar-refractivity contribution in [3.63, 3.8) is 0 Å². The second kappa shape index (κ2) is 8.87. The molecule has 1 aromatic heterocycles. The number of aromatic nitrogens is 3. The Balaban J connectivity index is 1.93. The predicted molar refractivity (Wildman–Crippen MR) is 108 cm³/mol. The summed E-state index contributed by atoms with van der Waals surface area (Å²) in [5.41, 5.74) is 2.07. The Morgan fingerprint density at radius 1 is 1.10 bits per heavy atom. The van der Waals surface area contributed by atoms with Crippen LogP contribution in [0.15, 0.2) is 69.8 Å². The third-order valence-corrected chi connectivity index (χ3v) is 5.92. The number of ether oxygens (including phenoxy) is 1. The molecular formula is C20H20N4O5S. The molecule has 0 bridgehead atoms. The van der Waals surface area contributed by atoms with Crippen LogP contribution in [-0.2, 0) is 30.8 Å². The lowest BCUT2D eigenvalue weighted by atomic mass is 10.0. The molecule has 0 amide bonds. The first-order valence-electron chi connectivity index (χ1n) is 8.86. The molecule has 1 heterocycles. The van der Waals surface area contributed by atoms with Crippen molar-refractivity contribution in [1.29, 1.82) is 0 Å². The van der Waals surface area contributed by atoms with Crippen molar-refractivity contribution < 1.29 is 22.8 Å². The van der Waals surface area contributed by atoms with Crippen LogP contribution < -0.4 is 0 Å². The van der Waals surface area contributed by atoms with Crippen molar-refractivity contribution in [2.24, 2.45) is 5.16 Å². The number of benzene rings is 2. The minimum atomic E-state index is -3.79. The normalized spacial score (nSPS) is 11.9. The van der Waals surface area contributed by atoms with Gasteiger partial charge in [0.05, 0.1) is 24.7 Å². The van der Waals surface area contributed by atoms with Crippen LogP contribution in [0.4, 0.5) is 0 Å². The Morgan fingerprint density at radius 3 is 2.47 bits per heavy atom. The lowest BCUT2D eigenvalue weighted by molar-refractivity contribution is -0.132. The van der Waals surface area contributed by atoms with Crippen LogP contribution in [0.25, 0.3) is 0 Å². The number of sulfone groups is 1. The molecule has 156 valence electrons. The fourth-order valence-electron chi connectivity index (χ4n) is 2.77. The smallest absolute Gasteiger partial charge is 0.360 e. The van der Waals surface area contributed by atoms with Gasteiger partial charge in [-0.05, 0) is 24.6 Å². The summed E-state index contributed by atoms with van der Waals surface area (Å²) in [6.45, 7) is 2.03. The Kier molecular flexibility index (Phi) is 6.26. The number of carbonyl (C=O) groups excluding carboxylic acids is 1. The number of esters is 1. The average molecular weight is 428 g/mol. The minimum Gasteiger partial charge on any atom is -0.464 e. The highest BCUT2D eigenvalue weighted by molar-refractivity contribution is 7.91. The van der Waals surface area contributed by atoms with Gasteiger partial charge in [0.15, 0.2) is 5.71 Å². The van der Waals surface area contributed by atoms with Crippen LogP contribution in [0.2, 0.25) is 0 Å². The Labute approximate surface area is 173 Å². The number of nitrogens with zero attached hydrogens (tertiary/aromatic N) is 4. The van der Waals surface area contributed by atoms with E-state index in [-0.39, 0.29) is 22.2 Å². The molecule has 3 aromatic rings. The lowest BCUT2D eigenvalue weighted by Gasteiger charge is -2.10. The second-order valence-electron chi connectivity index (χ2n) is 6.34. The highest BCUT2D eigenvalue weighted by atomic mass is 32.2. The van der Waals surface area contributed by atoms with Gasteiger partial charge in [0.1, 0.15) is 7.11 Å². The maximum atomic E-state index is 12.8. The van der Waals surface area contributed by atoms with Gasteiger partial charge >= 0.3 is 5.97 Å². The molecule has 3 rings (SSSR count). The van der Waals surface area contributed by atoms with Gasteiger partial charge in [0, 0.05) is 5.56 Å². The summed E-state index contributed by atoms with van der Waals surface area (Å²) in [7, 11) is -1.22. The molecule has 0 aliphatic heterocycles. The van der Waals surface area contributed by atoms with Crippen LogP contribution in [0.3, 0.4) is 0 Å². The van der Waals surface area contributed by atoms with Gasteiger partial charge in [-0.15, -0.1) is 5.10 Å². The van der Waals surface area contributed by atoms with E-state index < -0.39 is 15.8 Å². The molecule has 2 aromatic carbocycles. The molecule has 9 nitrogen and oxygen atoms in total. The van der Waals surface area contributed by atoms with E-state index in [4.69, 9.17) is 9.57 Å². The number of aryl methyl sites for hydroxylation is 1. The molecule has 0 aliphatic rings. The fraction of sp³-hybridized carbons (Fsp3) is 0.200. The van der Waals surface area contributed by atoms with Crippen molar-refractivity contribution in [1.82, 2.24) is 15.0 Å². The molecule has 0 N–H and O–H groups in total. The summed E-state index contributed by atoms with van der Waals surface area (Å²) in [5.74, 6) is -0.662. The number of carbonyl (C=O) groups is 1. The van der Waals surface area contributed by atoms with E-state index in [2.05, 4.69) is 15.5 Å². The fourth-order valence-corrected chi connectivity index (χ4v) is 3.91. The van der Waals surface area contributed by atoms with Crippen molar-refractivity contribution in [2.45, 2.75) is 23.4 Å². The van der Waals surface area contributed by atoms with Crippen molar-refractivity contribution in [2.75, 3.05) is 14.2 Å². The van der Waals surface area contributed by atoms with E-state index in [9.17, 15) is 13.2 Å². The number of rotatable bonds is 7. The van der Waals surface area contributed by atoms with Gasteiger partial charge in [-0.3, -0.25) is 0 Å². The van der Waals surface area contributed by atoms with Gasteiger partial charge in [-0.2, -0.15) is 0 Å². The van der Waals surface area contributed by atoms with Crippen LogP contribution in [0, 0.1) is 6.92 Å². The summed E-state index contributed by atoms with van der Waals surface area (Å²) in [6.07, 6.45) is 1.34. The van der Waals surface area contributed by atoms with Crippen LogP contribution >= 0.6 is 0 Å². The van der Waals surface area contributed by atoms with Gasteiger partial charge in [0.2, 0.25) is 14.9 Å². The molecule has 0 unspecified atom stereocenters. The van der Waals surface area contributed by atoms with Gasteiger partial charge in [-0.1, -0.05) is 52.3 Å². The van der Waals surface area contributed by atoms with Crippen LogP contribution in [0.1, 0.15) is 16.7 Å². The van der Waals surface area contributed by atoms with Gasteiger partial charge in [-0.25, -0.2) is 17.9 Å². The lowest BCUT2D eigenvalue weighted by Crippen LogP contribution is -2.20. The molecule has 0 atom stereocenters. The van der Waals surface area contributed by atoms with E-state index in [1.165, 1.54) is 37.2 Å². The molecule has 10 heteroatoms. The van der Waals surface area contributed by atoms with E-state index in [0.29, 0.717) is 11.1 Å². The molecule has 0 aliphatic carbocycles. The van der Waals surface area contributed by atoms with E-state index >= 15 is 0 Å². The maximum Gasteiger partial charge on any atom is 0.360 e.